The molecule has 0 radical (unpaired) electrons. The Balaban J connectivity index is 0.000000177. The van der Waals surface area contributed by atoms with Gasteiger partial charge in [-0.2, -0.15) is 0 Å². The molecule has 0 unspecified atom stereocenters. The van der Waals surface area contributed by atoms with Gasteiger partial charge in [-0.15, -0.1) is 106 Å². The van der Waals surface area contributed by atoms with E-state index in [-0.39, 0.29) is 20.1 Å². The Hall–Kier alpha value is -5.80. The molecular formula is C69H78IrN3. The number of pyridine rings is 3. The molecule has 73 heavy (non-hydrogen) atoms. The van der Waals surface area contributed by atoms with Gasteiger partial charge in [0.1, 0.15) is 0 Å². The Bertz CT molecular complexity index is 2590. The van der Waals surface area contributed by atoms with Gasteiger partial charge in [-0.1, -0.05) is 228 Å². The van der Waals surface area contributed by atoms with E-state index in [2.05, 4.69) is 200 Å². The number of aryl methyl sites for hydroxylation is 3. The van der Waals surface area contributed by atoms with Crippen LogP contribution in [0.2, 0.25) is 0 Å². The molecule has 0 bridgehead atoms. The standard InChI is InChI=1S/3C23H26N.Ir/c3*1-2-3-4-5-6-7-10-19-13-15-21(16-14-19)23-22-12-9-8-11-20(22)17-18-24-23;/h3*8-9,11-15,17-18H,2-7,10H2,1H3;/q3*-1;+3. The van der Waals surface area contributed by atoms with E-state index in [0.717, 1.165) is 53.0 Å². The van der Waals surface area contributed by atoms with Crippen LogP contribution in [-0.2, 0) is 39.4 Å². The summed E-state index contributed by atoms with van der Waals surface area (Å²) in [5.41, 5.74) is 10.5. The maximum Gasteiger partial charge on any atom is 3.00 e. The fourth-order valence-electron chi connectivity index (χ4n) is 9.61. The maximum atomic E-state index is 4.58. The molecule has 0 atom stereocenters. The van der Waals surface area contributed by atoms with Gasteiger partial charge >= 0.3 is 20.1 Å². The topological polar surface area (TPSA) is 38.7 Å². The second-order valence-corrected chi connectivity index (χ2v) is 19.5. The third kappa shape index (κ3) is 18.0. The van der Waals surface area contributed by atoms with E-state index in [0.29, 0.717) is 0 Å². The monoisotopic (exact) mass is 1140 g/mol. The number of rotatable bonds is 24. The average molecular weight is 1140 g/mol. The molecule has 0 fully saturated rings. The minimum Gasteiger partial charge on any atom is -0.304 e. The summed E-state index contributed by atoms with van der Waals surface area (Å²) >= 11 is 0. The van der Waals surface area contributed by atoms with Gasteiger partial charge in [0, 0.05) is 18.6 Å². The molecule has 4 heteroatoms. The number of hydrogen-bond donors (Lipinski definition) is 0. The van der Waals surface area contributed by atoms with Crippen molar-refractivity contribution in [1.82, 2.24) is 15.0 Å². The van der Waals surface area contributed by atoms with E-state index in [1.807, 2.05) is 18.6 Å². The van der Waals surface area contributed by atoms with Gasteiger partial charge in [-0.3, -0.25) is 0 Å². The number of unbranched alkanes of at least 4 members (excludes halogenated alkanes) is 15. The van der Waals surface area contributed by atoms with Crippen molar-refractivity contribution >= 4 is 32.3 Å². The van der Waals surface area contributed by atoms with Crippen LogP contribution in [0.15, 0.2) is 164 Å². The number of hydrogen-bond acceptors (Lipinski definition) is 3. The molecule has 0 aliphatic heterocycles. The largest absolute Gasteiger partial charge is 3.00 e. The van der Waals surface area contributed by atoms with Crippen LogP contribution < -0.4 is 0 Å². The molecule has 0 aliphatic rings. The number of aromatic nitrogens is 3. The molecule has 9 rings (SSSR count). The second-order valence-electron chi connectivity index (χ2n) is 19.5. The molecule has 0 N–H and O–H groups in total. The van der Waals surface area contributed by atoms with Crippen LogP contribution in [0.1, 0.15) is 153 Å². The van der Waals surface area contributed by atoms with E-state index >= 15 is 0 Å². The quantitative estimate of drug-likeness (QED) is 0.0447. The molecular weight excluding hydrogens is 1060 g/mol. The normalized spacial score (nSPS) is 10.9. The van der Waals surface area contributed by atoms with Crippen molar-refractivity contribution in [1.29, 1.82) is 0 Å². The zero-order valence-corrected chi connectivity index (χ0v) is 46.5. The zero-order valence-electron chi connectivity index (χ0n) is 44.1. The van der Waals surface area contributed by atoms with Crippen molar-refractivity contribution in [3.8, 4) is 33.8 Å². The Kier molecular flexibility index (Phi) is 25.1. The van der Waals surface area contributed by atoms with Crippen LogP contribution in [0.5, 0.6) is 0 Å². The van der Waals surface area contributed by atoms with E-state index in [9.17, 15) is 0 Å². The Morgan fingerprint density at radius 3 is 0.849 bits per heavy atom. The molecule has 9 aromatic rings. The van der Waals surface area contributed by atoms with Crippen LogP contribution in [0.4, 0.5) is 0 Å². The van der Waals surface area contributed by atoms with Gasteiger partial charge in [-0.25, -0.2) is 0 Å². The fourth-order valence-corrected chi connectivity index (χ4v) is 9.61. The summed E-state index contributed by atoms with van der Waals surface area (Å²) in [6.45, 7) is 6.80. The van der Waals surface area contributed by atoms with Crippen molar-refractivity contribution in [3.05, 3.63) is 199 Å². The molecule has 0 saturated carbocycles. The van der Waals surface area contributed by atoms with Gasteiger partial charge in [0.25, 0.3) is 0 Å². The summed E-state index contributed by atoms with van der Waals surface area (Å²) in [4.78, 5) is 13.7. The molecule has 3 heterocycles. The first-order valence-electron chi connectivity index (χ1n) is 27.7. The first-order chi connectivity index (χ1) is 35.6. The molecule has 0 aliphatic carbocycles. The summed E-state index contributed by atoms with van der Waals surface area (Å²) in [5.74, 6) is 0. The van der Waals surface area contributed by atoms with Crippen molar-refractivity contribution in [2.45, 2.75) is 156 Å². The minimum atomic E-state index is 0. The van der Waals surface area contributed by atoms with Crippen molar-refractivity contribution in [3.63, 3.8) is 0 Å². The Labute approximate surface area is 453 Å². The van der Waals surface area contributed by atoms with Crippen LogP contribution in [0, 0.1) is 18.2 Å². The Morgan fingerprint density at radius 1 is 0.301 bits per heavy atom. The van der Waals surface area contributed by atoms with E-state index in [4.69, 9.17) is 0 Å². The van der Waals surface area contributed by atoms with Crippen LogP contribution in [-0.4, -0.2) is 15.0 Å². The molecule has 0 saturated heterocycles. The summed E-state index contributed by atoms with van der Waals surface area (Å²) < 4.78 is 0. The second kappa shape index (κ2) is 32.4. The summed E-state index contributed by atoms with van der Waals surface area (Å²) in [6.07, 6.45) is 33.3. The molecule has 3 nitrogen and oxygen atoms in total. The molecule has 3 aromatic heterocycles. The van der Waals surface area contributed by atoms with Gasteiger partial charge in [0.05, 0.1) is 0 Å². The molecule has 0 spiro atoms. The van der Waals surface area contributed by atoms with Crippen molar-refractivity contribution in [2.75, 3.05) is 0 Å². The molecule has 378 valence electrons. The third-order valence-electron chi connectivity index (χ3n) is 13.9. The van der Waals surface area contributed by atoms with Gasteiger partial charge in [0.2, 0.25) is 0 Å². The maximum absolute atomic E-state index is 4.58. The molecule has 6 aromatic carbocycles. The number of fused-ring (bicyclic) bond motifs is 3. The first-order valence-corrected chi connectivity index (χ1v) is 27.7. The van der Waals surface area contributed by atoms with Crippen LogP contribution >= 0.6 is 0 Å². The Morgan fingerprint density at radius 2 is 0.575 bits per heavy atom. The van der Waals surface area contributed by atoms with E-state index in [1.165, 1.54) is 165 Å². The van der Waals surface area contributed by atoms with Crippen molar-refractivity contribution in [2.24, 2.45) is 0 Å². The summed E-state index contributed by atoms with van der Waals surface area (Å²) in [6, 6.07) is 61.4. The number of benzene rings is 6. The third-order valence-corrected chi connectivity index (χ3v) is 13.9. The molecule has 0 amide bonds. The summed E-state index contributed by atoms with van der Waals surface area (Å²) in [7, 11) is 0. The van der Waals surface area contributed by atoms with E-state index in [1.54, 1.807) is 0 Å². The van der Waals surface area contributed by atoms with Gasteiger partial charge in [-0.05, 0) is 67.6 Å². The van der Waals surface area contributed by atoms with Crippen molar-refractivity contribution < 1.29 is 20.1 Å². The first kappa shape index (κ1) is 56.5. The predicted octanol–water partition coefficient (Wildman–Crippen LogP) is 19.8. The van der Waals surface area contributed by atoms with Gasteiger partial charge < -0.3 is 15.0 Å². The minimum absolute atomic E-state index is 0. The number of nitrogens with zero attached hydrogens (tertiary/aromatic N) is 3. The van der Waals surface area contributed by atoms with Gasteiger partial charge in [0.15, 0.2) is 0 Å². The fraction of sp³-hybridized carbons (Fsp3) is 0.348. The van der Waals surface area contributed by atoms with Crippen LogP contribution in [0.25, 0.3) is 66.1 Å². The SMILES string of the molecule is CCCCCCCCc1c[c-]c(-c2nccc3ccccc23)cc1.CCCCCCCCc1c[c-]c(-c2nccc3ccccc23)cc1.CCCCCCCCc1c[c-]c(-c2nccc3ccccc23)cc1.[Ir+3]. The average Bonchev–Trinajstić information content (AvgIpc) is 3.44. The summed E-state index contributed by atoms with van der Waals surface area (Å²) in [5, 5.41) is 7.27. The smallest absolute Gasteiger partial charge is 0.304 e. The zero-order chi connectivity index (χ0) is 49.8. The van der Waals surface area contributed by atoms with Crippen LogP contribution in [0.3, 0.4) is 0 Å². The van der Waals surface area contributed by atoms with E-state index < -0.39 is 0 Å². The predicted molar refractivity (Wildman–Crippen MR) is 309 cm³/mol.